The number of rotatable bonds is 1. The van der Waals surface area contributed by atoms with Gasteiger partial charge in [-0.2, -0.15) is 10.5 Å². The minimum atomic E-state index is -1.89. The van der Waals surface area contributed by atoms with Crippen molar-refractivity contribution in [1.29, 1.82) is 10.5 Å². The number of halogens is 6. The van der Waals surface area contributed by atoms with E-state index in [2.05, 4.69) is 31.9 Å². The smallest absolute Gasteiger partial charge is 0.180 e. The van der Waals surface area contributed by atoms with Crippen LogP contribution in [0.4, 0.5) is 17.6 Å². The zero-order valence-electron chi connectivity index (χ0n) is 21.8. The molecule has 0 spiro atoms. The molecule has 0 N–H and O–H groups in total. The van der Waals surface area contributed by atoms with E-state index in [0.717, 1.165) is 22.2 Å². The SMILES string of the molecule is N#C/C(=C1\c2cc(Br)c3c(oc4ccccc43)c2-c2c1cc(Br)c1oc3ccccc3c21)c1c(F)c(F)c(C#N)c(F)c1F. The van der Waals surface area contributed by atoms with E-state index in [1.54, 1.807) is 24.3 Å². The highest BCUT2D eigenvalue weighted by Gasteiger charge is 2.37. The molecular formula is C34H10Br2F4N2O2. The summed E-state index contributed by atoms with van der Waals surface area (Å²) in [5.41, 5.74) is 0.538. The van der Waals surface area contributed by atoms with Crippen LogP contribution >= 0.6 is 31.9 Å². The number of hydrogen-bond donors (Lipinski definition) is 0. The molecule has 1 aliphatic carbocycles. The van der Waals surface area contributed by atoms with Crippen LogP contribution in [-0.2, 0) is 0 Å². The average molecular weight is 714 g/mol. The summed E-state index contributed by atoms with van der Waals surface area (Å²) in [6.45, 7) is 0. The molecule has 1 aliphatic rings. The van der Waals surface area contributed by atoms with Crippen LogP contribution in [0, 0.1) is 45.9 Å². The van der Waals surface area contributed by atoms with E-state index >= 15 is 8.78 Å². The van der Waals surface area contributed by atoms with Crippen LogP contribution in [0.2, 0.25) is 0 Å². The van der Waals surface area contributed by atoms with E-state index in [4.69, 9.17) is 14.1 Å². The van der Waals surface area contributed by atoms with Gasteiger partial charge in [0.15, 0.2) is 23.3 Å². The summed E-state index contributed by atoms with van der Waals surface area (Å²) in [6, 6.07) is 21.0. The number of hydrogen-bond acceptors (Lipinski definition) is 4. The fraction of sp³-hybridized carbons (Fsp3) is 0. The van der Waals surface area contributed by atoms with E-state index in [0.29, 0.717) is 58.9 Å². The fourth-order valence-corrected chi connectivity index (χ4v) is 7.35. The Hall–Kier alpha value is -4.90. The van der Waals surface area contributed by atoms with Crippen molar-refractivity contribution in [1.82, 2.24) is 0 Å². The Bertz CT molecular complexity index is 2570. The molecule has 5 aromatic carbocycles. The van der Waals surface area contributed by atoms with Crippen molar-refractivity contribution in [2.24, 2.45) is 0 Å². The normalized spacial score (nSPS) is 13.5. The molecule has 0 bridgehead atoms. The third-order valence-corrected chi connectivity index (χ3v) is 9.19. The highest BCUT2D eigenvalue weighted by molar-refractivity contribution is 9.11. The van der Waals surface area contributed by atoms with E-state index in [-0.39, 0.29) is 5.57 Å². The highest BCUT2D eigenvalue weighted by Crippen LogP contribution is 2.57. The zero-order chi connectivity index (χ0) is 30.6. The highest BCUT2D eigenvalue weighted by atomic mass is 79.9. The molecule has 0 saturated carbocycles. The maximum Gasteiger partial charge on any atom is 0.180 e. The maximum atomic E-state index is 15.5. The molecule has 0 radical (unpaired) electrons. The monoisotopic (exact) mass is 712 g/mol. The second kappa shape index (κ2) is 9.30. The molecular weight excluding hydrogens is 704 g/mol. The number of nitriles is 2. The fourth-order valence-electron chi connectivity index (χ4n) is 6.22. The van der Waals surface area contributed by atoms with Crippen molar-refractivity contribution in [3.63, 3.8) is 0 Å². The molecule has 7 aromatic rings. The summed E-state index contributed by atoms with van der Waals surface area (Å²) in [7, 11) is 0. The molecule has 44 heavy (non-hydrogen) atoms. The molecule has 0 unspecified atom stereocenters. The Morgan fingerprint density at radius 1 is 0.659 bits per heavy atom. The van der Waals surface area contributed by atoms with E-state index in [1.165, 1.54) is 0 Å². The van der Waals surface area contributed by atoms with E-state index in [9.17, 15) is 14.0 Å². The van der Waals surface area contributed by atoms with Crippen LogP contribution in [0.5, 0.6) is 0 Å². The Kier molecular flexibility index (Phi) is 5.64. The predicted octanol–water partition coefficient (Wildman–Crippen LogP) is 10.9. The van der Waals surface area contributed by atoms with Crippen LogP contribution < -0.4 is 0 Å². The Labute approximate surface area is 261 Å². The minimum Gasteiger partial charge on any atom is -0.455 e. The number of allylic oxidation sites excluding steroid dienone is 1. The van der Waals surface area contributed by atoms with Gasteiger partial charge >= 0.3 is 0 Å². The molecule has 0 fully saturated rings. The van der Waals surface area contributed by atoms with E-state index < -0.39 is 40.0 Å². The maximum absolute atomic E-state index is 15.5. The second-order valence-electron chi connectivity index (χ2n) is 10.1. The van der Waals surface area contributed by atoms with Gasteiger partial charge in [-0.05, 0) is 67.3 Å². The number of nitrogens with zero attached hydrogens (tertiary/aromatic N) is 2. The van der Waals surface area contributed by atoms with Crippen LogP contribution in [0.15, 0.2) is 78.4 Å². The quantitative estimate of drug-likeness (QED) is 0.0964. The van der Waals surface area contributed by atoms with Crippen LogP contribution in [0.1, 0.15) is 22.3 Å². The summed E-state index contributed by atoms with van der Waals surface area (Å²) in [6.07, 6.45) is 0. The second-order valence-corrected chi connectivity index (χ2v) is 11.9. The van der Waals surface area contributed by atoms with Gasteiger partial charge in [-0.15, -0.1) is 0 Å². The van der Waals surface area contributed by atoms with Gasteiger partial charge in [-0.3, -0.25) is 0 Å². The summed E-state index contributed by atoms with van der Waals surface area (Å²) >= 11 is 7.18. The molecule has 210 valence electrons. The average Bonchev–Trinajstić information content (AvgIpc) is 3.69. The third kappa shape index (κ3) is 3.30. The van der Waals surface area contributed by atoms with Crippen molar-refractivity contribution in [3.8, 4) is 23.3 Å². The van der Waals surface area contributed by atoms with Gasteiger partial charge in [0.25, 0.3) is 0 Å². The predicted molar refractivity (Wildman–Crippen MR) is 164 cm³/mol. The molecule has 0 amide bonds. The van der Waals surface area contributed by atoms with Gasteiger partial charge in [0.1, 0.15) is 40.0 Å². The standard InChI is InChI=1S/C34H10Br2F4N2O2/c35-19-9-16-23(17(11-41)28-31(39)29(37)18(12-42)30(38)32(28)40)15-10-20(36)33-26(14-6-2-4-8-22(14)43-33)25(15)27(16)34-24(19)13-5-1-3-7-21(13)44-34/h1-10H/b23-17+. The summed E-state index contributed by atoms with van der Waals surface area (Å²) < 4.78 is 74.5. The molecule has 10 heteroatoms. The molecule has 0 atom stereocenters. The first-order valence-corrected chi connectivity index (χ1v) is 14.5. The summed E-state index contributed by atoms with van der Waals surface area (Å²) in [4.78, 5) is 0. The molecule has 8 rings (SSSR count). The van der Waals surface area contributed by atoms with Crippen LogP contribution in [0.25, 0.3) is 66.2 Å². The minimum absolute atomic E-state index is 0.0229. The Morgan fingerprint density at radius 3 is 1.82 bits per heavy atom. The molecule has 0 saturated heterocycles. The number of para-hydroxylation sites is 2. The lowest BCUT2D eigenvalue weighted by molar-refractivity contribution is 0.447. The van der Waals surface area contributed by atoms with Crippen LogP contribution in [-0.4, -0.2) is 0 Å². The van der Waals surface area contributed by atoms with Gasteiger partial charge < -0.3 is 8.83 Å². The van der Waals surface area contributed by atoms with Gasteiger partial charge in [0.2, 0.25) is 0 Å². The van der Waals surface area contributed by atoms with Gasteiger partial charge in [-0.25, -0.2) is 17.6 Å². The summed E-state index contributed by atoms with van der Waals surface area (Å²) in [5, 5.41) is 22.5. The van der Waals surface area contributed by atoms with Crippen LogP contribution in [0.3, 0.4) is 0 Å². The first-order chi connectivity index (χ1) is 21.3. The first-order valence-electron chi connectivity index (χ1n) is 13.0. The largest absolute Gasteiger partial charge is 0.455 e. The van der Waals surface area contributed by atoms with Crippen molar-refractivity contribution in [2.45, 2.75) is 0 Å². The first kappa shape index (κ1) is 26.7. The van der Waals surface area contributed by atoms with Crippen molar-refractivity contribution >= 4 is 86.9 Å². The number of furan rings is 2. The topological polar surface area (TPSA) is 73.9 Å². The molecule has 0 aliphatic heterocycles. The lowest BCUT2D eigenvalue weighted by atomic mass is 9.91. The van der Waals surface area contributed by atoms with Crippen molar-refractivity contribution in [2.75, 3.05) is 0 Å². The zero-order valence-corrected chi connectivity index (χ0v) is 24.9. The molecule has 2 aromatic heterocycles. The third-order valence-electron chi connectivity index (χ3n) is 7.98. The summed E-state index contributed by atoms with van der Waals surface area (Å²) in [5.74, 6) is -7.48. The van der Waals surface area contributed by atoms with Crippen molar-refractivity contribution in [3.05, 3.63) is 115 Å². The Morgan fingerprint density at radius 2 is 1.20 bits per heavy atom. The molecule has 4 nitrogen and oxygen atoms in total. The van der Waals surface area contributed by atoms with Gasteiger partial charge in [0, 0.05) is 42.7 Å². The number of benzene rings is 5. The number of fused-ring (bicyclic) bond motifs is 11. The van der Waals surface area contributed by atoms with Gasteiger partial charge in [-0.1, -0.05) is 36.4 Å². The Balaban J connectivity index is 1.65. The van der Waals surface area contributed by atoms with Gasteiger partial charge in [0.05, 0.1) is 15.6 Å². The van der Waals surface area contributed by atoms with E-state index in [1.807, 2.05) is 42.5 Å². The molecule has 2 heterocycles. The lowest BCUT2D eigenvalue weighted by Crippen LogP contribution is -2.07. The van der Waals surface area contributed by atoms with Crippen molar-refractivity contribution < 1.29 is 26.4 Å². The lowest BCUT2D eigenvalue weighted by Gasteiger charge is -2.12.